The van der Waals surface area contributed by atoms with Gasteiger partial charge in [-0.2, -0.15) is 0 Å². The summed E-state index contributed by atoms with van der Waals surface area (Å²) in [7, 11) is 0. The third-order valence-electron chi connectivity index (χ3n) is 1.60. The van der Waals surface area contributed by atoms with Crippen molar-refractivity contribution in [2.24, 2.45) is 0 Å². The predicted octanol–water partition coefficient (Wildman–Crippen LogP) is -0.500. The number of tetrazole rings is 1. The van der Waals surface area contributed by atoms with Crippen molar-refractivity contribution in [3.63, 3.8) is 0 Å². The monoisotopic (exact) mass is 140 g/mol. The van der Waals surface area contributed by atoms with E-state index < -0.39 is 0 Å². The van der Waals surface area contributed by atoms with Crippen molar-refractivity contribution < 1.29 is 5.11 Å². The highest BCUT2D eigenvalue weighted by molar-refractivity contribution is 4.87. The number of aliphatic hydroxyl groups is 1. The molecule has 1 aromatic heterocycles. The minimum Gasteiger partial charge on any atom is -0.388 e. The van der Waals surface area contributed by atoms with E-state index in [0.29, 0.717) is 11.9 Å². The molecule has 1 heterocycles. The van der Waals surface area contributed by atoms with Gasteiger partial charge < -0.3 is 5.11 Å². The quantitative estimate of drug-likeness (QED) is 0.601. The average molecular weight is 140 g/mol. The summed E-state index contributed by atoms with van der Waals surface area (Å²) in [6.07, 6.45) is 2.27. The average Bonchev–Trinajstić information content (AvgIpc) is 2.69. The Kier molecular flexibility index (Phi) is 1.17. The van der Waals surface area contributed by atoms with Crippen molar-refractivity contribution in [3.05, 3.63) is 5.82 Å². The minimum absolute atomic E-state index is 0.0660. The van der Waals surface area contributed by atoms with Gasteiger partial charge >= 0.3 is 0 Å². The zero-order valence-corrected chi connectivity index (χ0v) is 5.43. The van der Waals surface area contributed by atoms with Gasteiger partial charge in [-0.3, -0.25) is 0 Å². The Morgan fingerprint density at radius 1 is 1.60 bits per heavy atom. The van der Waals surface area contributed by atoms with E-state index in [4.69, 9.17) is 5.11 Å². The van der Waals surface area contributed by atoms with E-state index in [1.54, 1.807) is 4.68 Å². The lowest BCUT2D eigenvalue weighted by atomic mass is 10.6. The Morgan fingerprint density at radius 3 is 3.00 bits per heavy atom. The molecule has 0 bridgehead atoms. The van der Waals surface area contributed by atoms with Gasteiger partial charge in [0.25, 0.3) is 0 Å². The number of aromatic nitrogens is 4. The largest absolute Gasteiger partial charge is 0.388 e. The molecule has 0 unspecified atom stereocenters. The Balaban J connectivity index is 2.28. The van der Waals surface area contributed by atoms with E-state index in [-0.39, 0.29) is 6.61 Å². The number of nitrogens with zero attached hydrogens (tertiary/aromatic N) is 4. The molecule has 1 aromatic rings. The van der Waals surface area contributed by atoms with Gasteiger partial charge in [0.1, 0.15) is 6.61 Å². The molecule has 54 valence electrons. The lowest BCUT2D eigenvalue weighted by Crippen LogP contribution is -2.02. The van der Waals surface area contributed by atoms with Crippen LogP contribution in [0.3, 0.4) is 0 Å². The maximum Gasteiger partial charge on any atom is 0.177 e. The second kappa shape index (κ2) is 2.02. The van der Waals surface area contributed by atoms with Gasteiger partial charge in [-0.05, 0) is 23.3 Å². The smallest absolute Gasteiger partial charge is 0.177 e. The molecule has 10 heavy (non-hydrogen) atoms. The fraction of sp³-hybridized carbons (Fsp3) is 0.800. The lowest BCUT2D eigenvalue weighted by Gasteiger charge is -1.95. The second-order valence-corrected chi connectivity index (χ2v) is 2.43. The van der Waals surface area contributed by atoms with Crippen LogP contribution in [-0.2, 0) is 6.61 Å². The maximum absolute atomic E-state index is 8.72. The molecule has 2 rings (SSSR count). The fourth-order valence-corrected chi connectivity index (χ4v) is 0.919. The molecule has 0 aromatic carbocycles. The van der Waals surface area contributed by atoms with E-state index >= 15 is 0 Å². The van der Waals surface area contributed by atoms with Gasteiger partial charge in [0.2, 0.25) is 0 Å². The summed E-state index contributed by atoms with van der Waals surface area (Å²) < 4.78 is 1.69. The fourth-order valence-electron chi connectivity index (χ4n) is 0.919. The SMILES string of the molecule is OCc1nnnn1C1CC1. The molecule has 0 saturated heterocycles. The van der Waals surface area contributed by atoms with E-state index in [9.17, 15) is 0 Å². The molecule has 0 aliphatic heterocycles. The first-order chi connectivity index (χ1) is 4.92. The molecule has 1 fully saturated rings. The van der Waals surface area contributed by atoms with Crippen molar-refractivity contribution in [1.29, 1.82) is 0 Å². The molecule has 0 amide bonds. The molecule has 0 radical (unpaired) electrons. The van der Waals surface area contributed by atoms with Crippen molar-refractivity contribution in [2.45, 2.75) is 25.5 Å². The van der Waals surface area contributed by atoms with Crippen molar-refractivity contribution in [3.8, 4) is 0 Å². The van der Waals surface area contributed by atoms with E-state index in [0.717, 1.165) is 12.8 Å². The van der Waals surface area contributed by atoms with Gasteiger partial charge in [-0.1, -0.05) is 0 Å². The molecule has 0 spiro atoms. The summed E-state index contributed by atoms with van der Waals surface area (Å²) in [4.78, 5) is 0. The highest BCUT2D eigenvalue weighted by Crippen LogP contribution is 2.34. The highest BCUT2D eigenvalue weighted by atomic mass is 16.3. The van der Waals surface area contributed by atoms with E-state index in [1.807, 2.05) is 0 Å². The first-order valence-electron chi connectivity index (χ1n) is 3.29. The Labute approximate surface area is 57.7 Å². The Hall–Kier alpha value is -0.970. The van der Waals surface area contributed by atoms with Crippen molar-refractivity contribution in [1.82, 2.24) is 20.2 Å². The van der Waals surface area contributed by atoms with Gasteiger partial charge in [-0.15, -0.1) is 5.10 Å². The number of hydrogen-bond donors (Lipinski definition) is 1. The molecule has 5 heteroatoms. The number of aliphatic hydroxyl groups excluding tert-OH is 1. The first-order valence-corrected chi connectivity index (χ1v) is 3.29. The highest BCUT2D eigenvalue weighted by Gasteiger charge is 2.27. The molecule has 1 aliphatic rings. The number of hydrogen-bond acceptors (Lipinski definition) is 4. The molecule has 0 atom stereocenters. The molecular formula is C5H8N4O. The van der Waals surface area contributed by atoms with E-state index in [2.05, 4.69) is 15.5 Å². The first kappa shape index (κ1) is 5.79. The number of rotatable bonds is 2. The topological polar surface area (TPSA) is 63.8 Å². The predicted molar refractivity (Wildman–Crippen MR) is 32.0 cm³/mol. The van der Waals surface area contributed by atoms with Crippen LogP contribution in [0.5, 0.6) is 0 Å². The van der Waals surface area contributed by atoms with E-state index in [1.165, 1.54) is 0 Å². The zero-order valence-electron chi connectivity index (χ0n) is 5.43. The molecule has 5 nitrogen and oxygen atoms in total. The van der Waals surface area contributed by atoms with Crippen LogP contribution < -0.4 is 0 Å². The third-order valence-corrected chi connectivity index (χ3v) is 1.60. The second-order valence-electron chi connectivity index (χ2n) is 2.43. The standard InChI is InChI=1S/C5H8N4O/c10-3-5-6-7-8-9(5)4-1-2-4/h4,10H,1-3H2. The maximum atomic E-state index is 8.72. The van der Waals surface area contributed by atoms with Crippen molar-refractivity contribution >= 4 is 0 Å². The Bertz CT molecular complexity index is 229. The van der Waals surface area contributed by atoms with Gasteiger partial charge in [-0.25, -0.2) is 4.68 Å². The van der Waals surface area contributed by atoms with Crippen LogP contribution in [0.4, 0.5) is 0 Å². The summed E-state index contributed by atoms with van der Waals surface area (Å²) in [5, 5.41) is 19.6. The van der Waals surface area contributed by atoms with Crippen LogP contribution in [0.2, 0.25) is 0 Å². The summed E-state index contributed by atoms with van der Waals surface area (Å²) in [6.45, 7) is -0.0660. The molecule has 1 N–H and O–H groups in total. The molecular weight excluding hydrogens is 132 g/mol. The van der Waals surface area contributed by atoms with Crippen LogP contribution in [0.25, 0.3) is 0 Å². The van der Waals surface area contributed by atoms with Crippen molar-refractivity contribution in [2.75, 3.05) is 0 Å². The third kappa shape index (κ3) is 0.786. The lowest BCUT2D eigenvalue weighted by molar-refractivity contribution is 0.262. The zero-order chi connectivity index (χ0) is 6.97. The summed E-state index contributed by atoms with van der Waals surface area (Å²) in [6, 6.07) is 0.456. The van der Waals surface area contributed by atoms with Gasteiger partial charge in [0, 0.05) is 0 Å². The van der Waals surface area contributed by atoms with Gasteiger partial charge in [0.05, 0.1) is 6.04 Å². The summed E-state index contributed by atoms with van der Waals surface area (Å²) in [5.41, 5.74) is 0. The van der Waals surface area contributed by atoms with Crippen LogP contribution in [0, 0.1) is 0 Å². The van der Waals surface area contributed by atoms with Gasteiger partial charge in [0.15, 0.2) is 5.82 Å². The van der Waals surface area contributed by atoms with Crippen LogP contribution in [0.1, 0.15) is 24.7 Å². The van der Waals surface area contributed by atoms with Crippen LogP contribution in [0.15, 0.2) is 0 Å². The van der Waals surface area contributed by atoms with Crippen LogP contribution >= 0.6 is 0 Å². The summed E-state index contributed by atoms with van der Waals surface area (Å²) >= 11 is 0. The minimum atomic E-state index is -0.0660. The van der Waals surface area contributed by atoms with Crippen LogP contribution in [-0.4, -0.2) is 25.3 Å². The Morgan fingerprint density at radius 2 is 2.40 bits per heavy atom. The molecule has 1 saturated carbocycles. The summed E-state index contributed by atoms with van der Waals surface area (Å²) in [5.74, 6) is 0.572. The molecule has 1 aliphatic carbocycles. The normalized spacial score (nSPS) is 17.7.